The van der Waals surface area contributed by atoms with Crippen molar-refractivity contribution in [1.82, 2.24) is 0 Å². The molecule has 2 N–H and O–H groups in total. The van der Waals surface area contributed by atoms with Gasteiger partial charge in [0, 0.05) is 12.1 Å². The Labute approximate surface area is 119 Å². The first-order valence-electron chi connectivity index (χ1n) is 6.70. The van der Waals surface area contributed by atoms with Crippen molar-refractivity contribution in [3.8, 4) is 5.75 Å². The number of hydrogen-bond donors (Lipinski definition) is 1. The van der Waals surface area contributed by atoms with Gasteiger partial charge in [0.25, 0.3) is 0 Å². The molecule has 0 saturated carbocycles. The lowest BCUT2D eigenvalue weighted by atomic mass is 10.0. The molecule has 2 nitrogen and oxygen atoms in total. The lowest BCUT2D eigenvalue weighted by molar-refractivity contribution is 0.285. The van der Waals surface area contributed by atoms with Crippen molar-refractivity contribution in [1.29, 1.82) is 0 Å². The van der Waals surface area contributed by atoms with E-state index in [1.54, 1.807) is 12.1 Å². The SMILES string of the molecule is Cc1cc(C)c(COc2c(F)cccc2CN)c(C)c1. The van der Waals surface area contributed by atoms with Crippen molar-refractivity contribution in [2.75, 3.05) is 0 Å². The van der Waals surface area contributed by atoms with Crippen LogP contribution in [0, 0.1) is 26.6 Å². The van der Waals surface area contributed by atoms with E-state index < -0.39 is 0 Å². The van der Waals surface area contributed by atoms with Gasteiger partial charge < -0.3 is 10.5 Å². The molecule has 0 bridgehead atoms. The topological polar surface area (TPSA) is 35.2 Å². The smallest absolute Gasteiger partial charge is 0.165 e. The summed E-state index contributed by atoms with van der Waals surface area (Å²) in [6.07, 6.45) is 0. The van der Waals surface area contributed by atoms with Crippen LogP contribution in [-0.4, -0.2) is 0 Å². The first kappa shape index (κ1) is 14.5. The zero-order valence-corrected chi connectivity index (χ0v) is 12.2. The number of benzene rings is 2. The quantitative estimate of drug-likeness (QED) is 0.920. The molecule has 0 aliphatic heterocycles. The van der Waals surface area contributed by atoms with Crippen molar-refractivity contribution in [2.45, 2.75) is 33.9 Å². The van der Waals surface area contributed by atoms with Crippen molar-refractivity contribution in [2.24, 2.45) is 5.73 Å². The maximum atomic E-state index is 13.8. The number of para-hydroxylation sites is 1. The Morgan fingerprint density at radius 1 is 1.10 bits per heavy atom. The summed E-state index contributed by atoms with van der Waals surface area (Å²) in [5, 5.41) is 0. The number of hydrogen-bond acceptors (Lipinski definition) is 2. The Balaban J connectivity index is 2.26. The predicted molar refractivity (Wildman–Crippen MR) is 79.3 cm³/mol. The minimum absolute atomic E-state index is 0.259. The highest BCUT2D eigenvalue weighted by Crippen LogP contribution is 2.25. The number of nitrogens with two attached hydrogens (primary N) is 1. The van der Waals surface area contributed by atoms with E-state index in [1.807, 2.05) is 13.8 Å². The van der Waals surface area contributed by atoms with Crippen molar-refractivity contribution in [3.63, 3.8) is 0 Å². The van der Waals surface area contributed by atoms with Crippen LogP contribution in [0.1, 0.15) is 27.8 Å². The fourth-order valence-corrected chi connectivity index (χ4v) is 2.46. The summed E-state index contributed by atoms with van der Waals surface area (Å²) in [4.78, 5) is 0. The highest BCUT2D eigenvalue weighted by molar-refractivity contribution is 5.39. The second-order valence-corrected chi connectivity index (χ2v) is 5.10. The van der Waals surface area contributed by atoms with Crippen molar-refractivity contribution >= 4 is 0 Å². The average molecular weight is 273 g/mol. The van der Waals surface area contributed by atoms with Gasteiger partial charge in [0.05, 0.1) is 0 Å². The van der Waals surface area contributed by atoms with Gasteiger partial charge in [-0.2, -0.15) is 0 Å². The zero-order chi connectivity index (χ0) is 14.7. The Morgan fingerprint density at radius 2 is 1.75 bits per heavy atom. The molecule has 0 saturated heterocycles. The van der Waals surface area contributed by atoms with Gasteiger partial charge in [-0.15, -0.1) is 0 Å². The lowest BCUT2D eigenvalue weighted by Gasteiger charge is -2.15. The molecule has 2 rings (SSSR count). The third-order valence-corrected chi connectivity index (χ3v) is 3.47. The molecule has 0 heterocycles. The zero-order valence-electron chi connectivity index (χ0n) is 12.2. The van der Waals surface area contributed by atoms with Crippen molar-refractivity contribution < 1.29 is 9.13 Å². The summed E-state index contributed by atoms with van der Waals surface area (Å²) in [5.74, 6) is -0.107. The summed E-state index contributed by atoms with van der Waals surface area (Å²) < 4.78 is 19.5. The number of aryl methyl sites for hydroxylation is 3. The number of ether oxygens (including phenoxy) is 1. The Bertz CT molecular complexity index is 599. The molecule has 106 valence electrons. The minimum Gasteiger partial charge on any atom is -0.485 e. The van der Waals surface area contributed by atoms with E-state index >= 15 is 0 Å². The molecule has 2 aromatic carbocycles. The summed E-state index contributed by atoms with van der Waals surface area (Å²) in [7, 11) is 0. The molecule has 0 atom stereocenters. The van der Waals surface area contributed by atoms with Crippen LogP contribution in [0.15, 0.2) is 30.3 Å². The maximum Gasteiger partial charge on any atom is 0.165 e. The van der Waals surface area contributed by atoms with Gasteiger partial charge in [-0.3, -0.25) is 0 Å². The third kappa shape index (κ3) is 2.99. The van der Waals surface area contributed by atoms with Gasteiger partial charge in [-0.05, 0) is 43.5 Å². The average Bonchev–Trinajstić information content (AvgIpc) is 2.38. The molecule has 0 amide bonds. The molecule has 0 radical (unpaired) electrons. The Hall–Kier alpha value is -1.87. The Morgan fingerprint density at radius 3 is 2.35 bits per heavy atom. The van der Waals surface area contributed by atoms with Crippen LogP contribution >= 0.6 is 0 Å². The van der Waals surface area contributed by atoms with E-state index in [0.717, 1.165) is 16.7 Å². The van der Waals surface area contributed by atoms with Gasteiger partial charge in [0.1, 0.15) is 6.61 Å². The minimum atomic E-state index is -0.365. The molecule has 0 fully saturated rings. The molecule has 0 spiro atoms. The van der Waals surface area contributed by atoms with E-state index in [-0.39, 0.29) is 18.1 Å². The van der Waals surface area contributed by atoms with Gasteiger partial charge >= 0.3 is 0 Å². The van der Waals surface area contributed by atoms with Crippen LogP contribution in [0.5, 0.6) is 5.75 Å². The number of halogens is 1. The van der Waals surface area contributed by atoms with Crippen LogP contribution in [0.4, 0.5) is 4.39 Å². The van der Waals surface area contributed by atoms with Gasteiger partial charge in [0.2, 0.25) is 0 Å². The normalized spacial score (nSPS) is 10.7. The van der Waals surface area contributed by atoms with Crippen molar-refractivity contribution in [3.05, 3.63) is 64.0 Å². The van der Waals surface area contributed by atoms with Crippen LogP contribution in [0.3, 0.4) is 0 Å². The highest BCUT2D eigenvalue weighted by atomic mass is 19.1. The van der Waals surface area contributed by atoms with Crippen LogP contribution < -0.4 is 10.5 Å². The molecule has 0 aliphatic carbocycles. The van der Waals surface area contributed by atoms with E-state index in [9.17, 15) is 4.39 Å². The summed E-state index contributed by atoms with van der Waals surface area (Å²) in [6, 6.07) is 9.04. The van der Waals surface area contributed by atoms with Gasteiger partial charge in [-0.25, -0.2) is 4.39 Å². The molecule has 2 aromatic rings. The molecule has 3 heteroatoms. The van der Waals surface area contributed by atoms with E-state index in [1.165, 1.54) is 11.6 Å². The summed E-state index contributed by atoms with van der Waals surface area (Å²) >= 11 is 0. The van der Waals surface area contributed by atoms with Crippen LogP contribution in [-0.2, 0) is 13.2 Å². The second-order valence-electron chi connectivity index (χ2n) is 5.10. The Kier molecular flexibility index (Phi) is 4.40. The molecule has 20 heavy (non-hydrogen) atoms. The van der Waals surface area contributed by atoms with Crippen LogP contribution in [0.2, 0.25) is 0 Å². The summed E-state index contributed by atoms with van der Waals surface area (Å²) in [6.45, 7) is 6.77. The maximum absolute atomic E-state index is 13.8. The fraction of sp³-hybridized carbons (Fsp3) is 0.294. The molecule has 0 aliphatic rings. The molecular formula is C17H20FNO. The monoisotopic (exact) mass is 273 g/mol. The highest BCUT2D eigenvalue weighted by Gasteiger charge is 2.11. The standard InChI is InChI=1S/C17H20FNO/c1-11-7-12(2)15(13(3)8-11)10-20-17-14(9-19)5-4-6-16(17)18/h4-8H,9-10,19H2,1-3H3. The molecule has 0 aromatic heterocycles. The first-order valence-corrected chi connectivity index (χ1v) is 6.70. The first-order chi connectivity index (χ1) is 9.52. The van der Waals surface area contributed by atoms with E-state index in [2.05, 4.69) is 19.1 Å². The number of rotatable bonds is 4. The van der Waals surface area contributed by atoms with E-state index in [0.29, 0.717) is 12.2 Å². The predicted octanol–water partition coefficient (Wildman–Crippen LogP) is 3.79. The van der Waals surface area contributed by atoms with Crippen LogP contribution in [0.25, 0.3) is 0 Å². The van der Waals surface area contributed by atoms with E-state index in [4.69, 9.17) is 10.5 Å². The summed E-state index contributed by atoms with van der Waals surface area (Å²) in [5.41, 5.74) is 10.9. The fourth-order valence-electron chi connectivity index (χ4n) is 2.46. The largest absolute Gasteiger partial charge is 0.485 e. The van der Waals surface area contributed by atoms with Gasteiger partial charge in [0.15, 0.2) is 11.6 Å². The second kappa shape index (κ2) is 6.06. The molecule has 0 unspecified atom stereocenters. The molecular weight excluding hydrogens is 253 g/mol. The van der Waals surface area contributed by atoms with Gasteiger partial charge in [-0.1, -0.05) is 29.8 Å². The lowest BCUT2D eigenvalue weighted by Crippen LogP contribution is -2.06. The third-order valence-electron chi connectivity index (χ3n) is 3.47.